The summed E-state index contributed by atoms with van der Waals surface area (Å²) in [5, 5.41) is 5.43. The molecular weight excluding hydrogens is 334 g/mol. The van der Waals surface area contributed by atoms with Gasteiger partial charge in [-0.25, -0.2) is 0 Å². The van der Waals surface area contributed by atoms with Gasteiger partial charge in [0.05, 0.1) is 12.2 Å². The van der Waals surface area contributed by atoms with E-state index in [1.165, 1.54) is 18.7 Å². The van der Waals surface area contributed by atoms with Gasteiger partial charge in [-0.1, -0.05) is 12.1 Å². The number of hydrogen-bond acceptors (Lipinski definition) is 4. The standard InChI is InChI=1S/C19H19N3O4/c1-12(23)20-14-7-9-15(10-8-14)21-19(25)18-11-22(13(2)24)16-5-3-4-6-17(16)26-18/h3-10,18H,11H2,1-2H3,(H,20,23)(H,21,25)/t18-/m0/s1. The van der Waals surface area contributed by atoms with Crippen LogP contribution in [0, 0.1) is 0 Å². The molecule has 7 nitrogen and oxygen atoms in total. The molecule has 1 heterocycles. The summed E-state index contributed by atoms with van der Waals surface area (Å²) in [6.45, 7) is 3.02. The van der Waals surface area contributed by atoms with Crippen molar-refractivity contribution in [2.45, 2.75) is 20.0 Å². The number of nitrogens with zero attached hydrogens (tertiary/aromatic N) is 1. The summed E-state index contributed by atoms with van der Waals surface area (Å²) >= 11 is 0. The molecule has 1 aliphatic rings. The van der Waals surface area contributed by atoms with Crippen LogP contribution in [0.4, 0.5) is 17.1 Å². The van der Waals surface area contributed by atoms with E-state index in [0.29, 0.717) is 22.8 Å². The van der Waals surface area contributed by atoms with Gasteiger partial charge < -0.3 is 20.3 Å². The van der Waals surface area contributed by atoms with Crippen LogP contribution in [0.15, 0.2) is 48.5 Å². The predicted molar refractivity (Wildman–Crippen MR) is 98.3 cm³/mol. The normalized spacial score (nSPS) is 15.5. The van der Waals surface area contributed by atoms with Crippen LogP contribution in [0.5, 0.6) is 5.75 Å². The van der Waals surface area contributed by atoms with Gasteiger partial charge in [0, 0.05) is 25.2 Å². The summed E-state index contributed by atoms with van der Waals surface area (Å²) < 4.78 is 5.76. The molecule has 0 aliphatic carbocycles. The minimum atomic E-state index is -0.816. The molecule has 0 spiro atoms. The lowest BCUT2D eigenvalue weighted by atomic mass is 10.1. The number of anilines is 3. The van der Waals surface area contributed by atoms with Gasteiger partial charge in [-0.3, -0.25) is 14.4 Å². The highest BCUT2D eigenvalue weighted by Gasteiger charge is 2.32. The quantitative estimate of drug-likeness (QED) is 0.887. The molecular formula is C19H19N3O4. The minimum absolute atomic E-state index is 0.141. The van der Waals surface area contributed by atoms with Crippen LogP contribution in [-0.4, -0.2) is 30.4 Å². The maximum atomic E-state index is 12.6. The fourth-order valence-corrected chi connectivity index (χ4v) is 2.73. The van der Waals surface area contributed by atoms with Crippen molar-refractivity contribution >= 4 is 34.8 Å². The van der Waals surface area contributed by atoms with E-state index in [1.54, 1.807) is 42.5 Å². The molecule has 0 unspecified atom stereocenters. The summed E-state index contributed by atoms with van der Waals surface area (Å²) in [5.41, 5.74) is 1.87. The zero-order chi connectivity index (χ0) is 18.7. The highest BCUT2D eigenvalue weighted by Crippen LogP contribution is 2.33. The van der Waals surface area contributed by atoms with Crippen molar-refractivity contribution in [3.63, 3.8) is 0 Å². The van der Waals surface area contributed by atoms with Gasteiger partial charge in [0.15, 0.2) is 6.10 Å². The van der Waals surface area contributed by atoms with Crippen LogP contribution < -0.4 is 20.3 Å². The second-order valence-electron chi connectivity index (χ2n) is 5.95. The zero-order valence-corrected chi connectivity index (χ0v) is 14.5. The first-order valence-electron chi connectivity index (χ1n) is 8.16. The molecule has 1 atom stereocenters. The molecule has 7 heteroatoms. The molecule has 26 heavy (non-hydrogen) atoms. The molecule has 0 radical (unpaired) electrons. The van der Waals surface area contributed by atoms with Crippen LogP contribution in [0.1, 0.15) is 13.8 Å². The highest BCUT2D eigenvalue weighted by molar-refractivity contribution is 5.99. The van der Waals surface area contributed by atoms with Crippen LogP contribution in [0.2, 0.25) is 0 Å². The number of carbonyl (C=O) groups is 3. The van der Waals surface area contributed by atoms with Crippen molar-refractivity contribution in [2.24, 2.45) is 0 Å². The predicted octanol–water partition coefficient (Wildman–Crippen LogP) is 2.40. The van der Waals surface area contributed by atoms with Crippen molar-refractivity contribution in [3.05, 3.63) is 48.5 Å². The zero-order valence-electron chi connectivity index (χ0n) is 14.5. The molecule has 2 N–H and O–H groups in total. The number of para-hydroxylation sites is 2. The number of nitrogens with one attached hydrogen (secondary N) is 2. The Morgan fingerprint density at radius 3 is 2.19 bits per heavy atom. The van der Waals surface area contributed by atoms with Gasteiger partial charge in [0.1, 0.15) is 5.75 Å². The van der Waals surface area contributed by atoms with Gasteiger partial charge in [0.2, 0.25) is 11.8 Å². The third kappa shape index (κ3) is 3.83. The number of rotatable bonds is 3. The van der Waals surface area contributed by atoms with E-state index in [9.17, 15) is 14.4 Å². The van der Waals surface area contributed by atoms with E-state index in [2.05, 4.69) is 10.6 Å². The Labute approximate surface area is 150 Å². The molecule has 0 aromatic heterocycles. The van der Waals surface area contributed by atoms with Gasteiger partial charge >= 0.3 is 0 Å². The second kappa shape index (κ2) is 7.26. The maximum Gasteiger partial charge on any atom is 0.267 e. The number of carbonyl (C=O) groups excluding carboxylic acids is 3. The minimum Gasteiger partial charge on any atom is -0.476 e. The maximum absolute atomic E-state index is 12.6. The lowest BCUT2D eigenvalue weighted by Crippen LogP contribution is -2.48. The molecule has 134 valence electrons. The summed E-state index contributed by atoms with van der Waals surface area (Å²) in [5.74, 6) is -0.174. The van der Waals surface area contributed by atoms with Crippen molar-refractivity contribution in [1.82, 2.24) is 0 Å². The number of hydrogen-bond donors (Lipinski definition) is 2. The fraction of sp³-hybridized carbons (Fsp3) is 0.211. The summed E-state index contributed by atoms with van der Waals surface area (Å²) in [6, 6.07) is 13.9. The van der Waals surface area contributed by atoms with Gasteiger partial charge in [-0.15, -0.1) is 0 Å². The monoisotopic (exact) mass is 353 g/mol. The van der Waals surface area contributed by atoms with E-state index in [1.807, 2.05) is 6.07 Å². The van der Waals surface area contributed by atoms with Gasteiger partial charge in [-0.05, 0) is 36.4 Å². The summed E-state index contributed by atoms with van der Waals surface area (Å²) in [7, 11) is 0. The molecule has 0 bridgehead atoms. The smallest absolute Gasteiger partial charge is 0.267 e. The molecule has 2 aromatic rings. The topological polar surface area (TPSA) is 87.7 Å². The van der Waals surface area contributed by atoms with Crippen LogP contribution in [0.3, 0.4) is 0 Å². The Morgan fingerprint density at radius 1 is 0.962 bits per heavy atom. The third-order valence-electron chi connectivity index (χ3n) is 3.92. The molecule has 3 amide bonds. The second-order valence-corrected chi connectivity index (χ2v) is 5.95. The van der Waals surface area contributed by atoms with E-state index in [0.717, 1.165) is 0 Å². The van der Waals surface area contributed by atoms with E-state index in [4.69, 9.17) is 4.74 Å². The Hall–Kier alpha value is -3.35. The van der Waals surface area contributed by atoms with Crippen molar-refractivity contribution in [2.75, 3.05) is 22.1 Å². The van der Waals surface area contributed by atoms with Gasteiger partial charge in [0.25, 0.3) is 5.91 Å². The highest BCUT2D eigenvalue weighted by atomic mass is 16.5. The first kappa shape index (κ1) is 17.5. The lowest BCUT2D eigenvalue weighted by molar-refractivity contribution is -0.123. The largest absolute Gasteiger partial charge is 0.476 e. The molecule has 0 fully saturated rings. The van der Waals surface area contributed by atoms with Gasteiger partial charge in [-0.2, -0.15) is 0 Å². The Kier molecular flexibility index (Phi) is 4.88. The third-order valence-corrected chi connectivity index (χ3v) is 3.92. The number of ether oxygens (including phenoxy) is 1. The molecule has 0 saturated carbocycles. The number of benzene rings is 2. The first-order valence-corrected chi connectivity index (χ1v) is 8.16. The Morgan fingerprint density at radius 2 is 1.58 bits per heavy atom. The van der Waals surface area contributed by atoms with E-state index < -0.39 is 6.10 Å². The Bertz CT molecular complexity index is 848. The summed E-state index contributed by atoms with van der Waals surface area (Å²) in [6.07, 6.45) is -0.816. The first-order chi connectivity index (χ1) is 12.4. The van der Waals surface area contributed by atoms with Crippen LogP contribution >= 0.6 is 0 Å². The van der Waals surface area contributed by atoms with Crippen molar-refractivity contribution in [1.29, 1.82) is 0 Å². The molecule has 3 rings (SSSR count). The molecule has 2 aromatic carbocycles. The van der Waals surface area contributed by atoms with Crippen molar-refractivity contribution in [3.8, 4) is 5.75 Å². The lowest BCUT2D eigenvalue weighted by Gasteiger charge is -2.33. The number of amides is 3. The fourth-order valence-electron chi connectivity index (χ4n) is 2.73. The van der Waals surface area contributed by atoms with Crippen LogP contribution in [-0.2, 0) is 14.4 Å². The van der Waals surface area contributed by atoms with E-state index >= 15 is 0 Å². The van der Waals surface area contributed by atoms with Crippen LogP contribution in [0.25, 0.3) is 0 Å². The van der Waals surface area contributed by atoms with E-state index in [-0.39, 0.29) is 24.3 Å². The number of fused-ring (bicyclic) bond motifs is 1. The Balaban J connectivity index is 1.72. The average Bonchev–Trinajstić information content (AvgIpc) is 2.61. The molecule has 1 aliphatic heterocycles. The van der Waals surface area contributed by atoms with Crippen molar-refractivity contribution < 1.29 is 19.1 Å². The summed E-state index contributed by atoms with van der Waals surface area (Å²) in [4.78, 5) is 37.1. The average molecular weight is 353 g/mol. The molecule has 0 saturated heterocycles. The SMILES string of the molecule is CC(=O)Nc1ccc(NC(=O)[C@@H]2CN(C(C)=O)c3ccccc3O2)cc1.